The van der Waals surface area contributed by atoms with Gasteiger partial charge in [0, 0.05) is 11.6 Å². The van der Waals surface area contributed by atoms with E-state index in [9.17, 15) is 9.59 Å². The van der Waals surface area contributed by atoms with E-state index in [2.05, 4.69) is 10.3 Å². The Bertz CT molecular complexity index is 312. The molecule has 0 spiro atoms. The third-order valence-electron chi connectivity index (χ3n) is 1.64. The second kappa shape index (κ2) is 3.53. The molecule has 70 valence electrons. The standard InChI is InChI=1S/C7H8N2O3S/c1-7(6(11)12,9-4-10)5-8-2-3-13-5/h2-4H,1H3,(H,9,10)(H,11,12). The molecule has 0 aliphatic carbocycles. The SMILES string of the molecule is CC(NC=O)(C(=O)O)c1nccs1. The number of aliphatic carboxylic acids is 1. The summed E-state index contributed by atoms with van der Waals surface area (Å²) in [6, 6.07) is 0. The minimum atomic E-state index is -1.42. The maximum atomic E-state index is 10.9. The van der Waals surface area contributed by atoms with Crippen LogP contribution in [-0.4, -0.2) is 22.5 Å². The Morgan fingerprint density at radius 3 is 2.92 bits per heavy atom. The number of nitrogens with zero attached hydrogens (tertiary/aromatic N) is 1. The number of carbonyl (C=O) groups excluding carboxylic acids is 1. The van der Waals surface area contributed by atoms with Gasteiger partial charge in [-0.1, -0.05) is 0 Å². The van der Waals surface area contributed by atoms with Crippen molar-refractivity contribution in [1.82, 2.24) is 10.3 Å². The molecule has 0 radical (unpaired) electrons. The zero-order valence-corrected chi connectivity index (χ0v) is 7.67. The van der Waals surface area contributed by atoms with Gasteiger partial charge >= 0.3 is 5.97 Å². The van der Waals surface area contributed by atoms with Crippen molar-refractivity contribution in [2.75, 3.05) is 0 Å². The number of thiazole rings is 1. The zero-order valence-electron chi connectivity index (χ0n) is 6.85. The number of amides is 1. The molecule has 0 saturated carbocycles. The molecule has 1 heterocycles. The van der Waals surface area contributed by atoms with Crippen LogP contribution in [-0.2, 0) is 15.1 Å². The van der Waals surface area contributed by atoms with Crippen LogP contribution in [0.25, 0.3) is 0 Å². The molecule has 0 fully saturated rings. The Morgan fingerprint density at radius 2 is 2.54 bits per heavy atom. The van der Waals surface area contributed by atoms with E-state index in [1.807, 2.05) is 0 Å². The zero-order chi connectivity index (χ0) is 9.90. The number of carboxylic acid groups (broad SMARTS) is 1. The van der Waals surface area contributed by atoms with Crippen LogP contribution in [0.3, 0.4) is 0 Å². The molecule has 1 atom stereocenters. The highest BCUT2D eigenvalue weighted by molar-refractivity contribution is 7.09. The molecule has 0 aromatic carbocycles. The normalized spacial score (nSPS) is 14.5. The Balaban J connectivity index is 3.05. The van der Waals surface area contributed by atoms with Crippen molar-refractivity contribution < 1.29 is 14.7 Å². The van der Waals surface area contributed by atoms with Gasteiger partial charge in [-0.15, -0.1) is 11.3 Å². The maximum Gasteiger partial charge on any atom is 0.336 e. The molecule has 6 heteroatoms. The van der Waals surface area contributed by atoms with Crippen molar-refractivity contribution in [3.8, 4) is 0 Å². The minimum absolute atomic E-state index is 0.354. The van der Waals surface area contributed by atoms with Gasteiger partial charge in [0.2, 0.25) is 6.41 Å². The highest BCUT2D eigenvalue weighted by atomic mass is 32.1. The quantitative estimate of drug-likeness (QED) is 0.680. The molecule has 5 nitrogen and oxygen atoms in total. The van der Waals surface area contributed by atoms with Gasteiger partial charge in [-0.05, 0) is 6.92 Å². The van der Waals surface area contributed by atoms with Gasteiger partial charge in [0.1, 0.15) is 5.01 Å². The highest BCUT2D eigenvalue weighted by Gasteiger charge is 2.37. The number of carbonyl (C=O) groups is 2. The fraction of sp³-hybridized carbons (Fsp3) is 0.286. The summed E-state index contributed by atoms with van der Waals surface area (Å²) in [4.78, 5) is 24.9. The van der Waals surface area contributed by atoms with Crippen molar-refractivity contribution in [1.29, 1.82) is 0 Å². The predicted molar refractivity (Wildman–Crippen MR) is 46.3 cm³/mol. The summed E-state index contributed by atoms with van der Waals surface area (Å²) in [5, 5.41) is 13.1. The van der Waals surface area contributed by atoms with Gasteiger partial charge in [0.25, 0.3) is 0 Å². The van der Waals surface area contributed by atoms with Crippen molar-refractivity contribution >= 4 is 23.7 Å². The molecular formula is C7H8N2O3S. The average Bonchev–Trinajstić information content (AvgIpc) is 2.56. The first-order valence-electron chi connectivity index (χ1n) is 3.46. The molecule has 0 bridgehead atoms. The number of rotatable bonds is 4. The largest absolute Gasteiger partial charge is 0.479 e. The van der Waals surface area contributed by atoms with E-state index in [1.165, 1.54) is 24.5 Å². The lowest BCUT2D eigenvalue weighted by Gasteiger charge is -2.20. The topological polar surface area (TPSA) is 79.3 Å². The van der Waals surface area contributed by atoms with Crippen LogP contribution in [0.15, 0.2) is 11.6 Å². The third-order valence-corrected chi connectivity index (χ3v) is 2.63. The second-order valence-corrected chi connectivity index (χ2v) is 3.42. The minimum Gasteiger partial charge on any atom is -0.479 e. The number of carboxylic acids is 1. The van der Waals surface area contributed by atoms with Gasteiger partial charge in [-0.2, -0.15) is 0 Å². The van der Waals surface area contributed by atoms with Gasteiger partial charge < -0.3 is 10.4 Å². The highest BCUT2D eigenvalue weighted by Crippen LogP contribution is 2.22. The Hall–Kier alpha value is -1.43. The van der Waals surface area contributed by atoms with Gasteiger partial charge in [0.15, 0.2) is 5.54 Å². The van der Waals surface area contributed by atoms with E-state index in [1.54, 1.807) is 5.38 Å². The van der Waals surface area contributed by atoms with Crippen LogP contribution < -0.4 is 5.32 Å². The molecule has 0 saturated heterocycles. The van der Waals surface area contributed by atoms with Crippen LogP contribution in [0, 0.1) is 0 Å². The fourth-order valence-electron chi connectivity index (χ4n) is 0.803. The molecule has 13 heavy (non-hydrogen) atoms. The summed E-state index contributed by atoms with van der Waals surface area (Å²) in [7, 11) is 0. The molecule has 2 N–H and O–H groups in total. The molecule has 1 amide bonds. The third kappa shape index (κ3) is 1.67. The number of hydrogen-bond acceptors (Lipinski definition) is 4. The molecule has 1 unspecified atom stereocenters. The average molecular weight is 200 g/mol. The number of nitrogens with one attached hydrogen (secondary N) is 1. The van der Waals surface area contributed by atoms with Crippen LogP contribution >= 0.6 is 11.3 Å². The summed E-state index contributed by atoms with van der Waals surface area (Å²) < 4.78 is 0. The maximum absolute atomic E-state index is 10.9. The van der Waals surface area contributed by atoms with Gasteiger partial charge in [0.05, 0.1) is 0 Å². The smallest absolute Gasteiger partial charge is 0.336 e. The molecule has 1 rings (SSSR count). The van der Waals surface area contributed by atoms with Crippen molar-refractivity contribution in [2.45, 2.75) is 12.5 Å². The summed E-state index contributed by atoms with van der Waals surface area (Å²) >= 11 is 1.18. The Labute approximate surface area is 78.4 Å². The van der Waals surface area contributed by atoms with E-state index < -0.39 is 11.5 Å². The first-order valence-corrected chi connectivity index (χ1v) is 4.34. The lowest BCUT2D eigenvalue weighted by Crippen LogP contribution is -2.45. The van der Waals surface area contributed by atoms with E-state index >= 15 is 0 Å². The Kier molecular flexibility index (Phi) is 2.62. The van der Waals surface area contributed by atoms with Crippen LogP contribution in [0.1, 0.15) is 11.9 Å². The monoisotopic (exact) mass is 200 g/mol. The summed E-state index contributed by atoms with van der Waals surface area (Å²) in [5.74, 6) is -1.13. The first-order chi connectivity index (χ1) is 6.11. The molecule has 1 aromatic rings. The molecular weight excluding hydrogens is 192 g/mol. The van der Waals surface area contributed by atoms with Crippen molar-refractivity contribution in [2.24, 2.45) is 0 Å². The molecule has 0 aliphatic rings. The number of hydrogen-bond donors (Lipinski definition) is 2. The predicted octanol–water partition coefficient (Wildman–Crippen LogP) is 0.189. The Morgan fingerprint density at radius 1 is 1.85 bits per heavy atom. The first kappa shape index (κ1) is 9.66. The van der Waals surface area contributed by atoms with Crippen molar-refractivity contribution in [3.63, 3.8) is 0 Å². The van der Waals surface area contributed by atoms with Crippen LogP contribution in [0.2, 0.25) is 0 Å². The molecule has 0 aliphatic heterocycles. The van der Waals surface area contributed by atoms with E-state index in [0.29, 0.717) is 11.4 Å². The van der Waals surface area contributed by atoms with Crippen LogP contribution in [0.4, 0.5) is 0 Å². The fourth-order valence-corrected chi connectivity index (χ4v) is 1.56. The molecule has 1 aromatic heterocycles. The van der Waals surface area contributed by atoms with E-state index in [4.69, 9.17) is 5.11 Å². The van der Waals surface area contributed by atoms with Gasteiger partial charge in [-0.3, -0.25) is 4.79 Å². The summed E-state index contributed by atoms with van der Waals surface area (Å²) in [6.07, 6.45) is 1.85. The lowest BCUT2D eigenvalue weighted by molar-refractivity contribution is -0.145. The van der Waals surface area contributed by atoms with Gasteiger partial charge in [-0.25, -0.2) is 9.78 Å². The number of aromatic nitrogens is 1. The van der Waals surface area contributed by atoms with E-state index in [0.717, 1.165) is 0 Å². The lowest BCUT2D eigenvalue weighted by atomic mass is 10.1. The van der Waals surface area contributed by atoms with Crippen molar-refractivity contribution in [3.05, 3.63) is 16.6 Å². The van der Waals surface area contributed by atoms with E-state index in [-0.39, 0.29) is 0 Å². The summed E-state index contributed by atoms with van der Waals surface area (Å²) in [5.41, 5.74) is -1.42. The van der Waals surface area contributed by atoms with Crippen LogP contribution in [0.5, 0.6) is 0 Å². The summed E-state index contributed by atoms with van der Waals surface area (Å²) in [6.45, 7) is 1.39. The second-order valence-electron chi connectivity index (χ2n) is 2.53.